The molecule has 5 rings (SSSR count). The van der Waals surface area contributed by atoms with E-state index in [0.29, 0.717) is 31.2 Å². The lowest BCUT2D eigenvalue weighted by molar-refractivity contribution is -0.362. The fourth-order valence-corrected chi connectivity index (χ4v) is 7.71. The highest BCUT2D eigenvalue weighted by Gasteiger charge is 2.79. The van der Waals surface area contributed by atoms with Crippen molar-refractivity contribution in [3.05, 3.63) is 58.2 Å². The SMILES string of the molecule is C[C@]12CC(c3ccc(C(=O)CO)cc3)C3=C4CCC(=O)C=C4CC[C@H]3[C@@H]1CC[C@@]2(O)C(F)(F)C(F)(F)F. The zero-order chi connectivity index (χ0) is 27.0. The minimum atomic E-state index is -5.90. The van der Waals surface area contributed by atoms with Crippen LogP contribution in [-0.2, 0) is 4.79 Å². The Morgan fingerprint density at radius 3 is 2.35 bits per heavy atom. The fraction of sp³-hybridized carbons (Fsp3) is 0.571. The van der Waals surface area contributed by atoms with Gasteiger partial charge in [-0.2, -0.15) is 22.0 Å². The normalized spacial score (nSPS) is 34.0. The number of aliphatic hydroxyl groups excluding tert-OH is 1. The molecule has 0 aromatic heterocycles. The summed E-state index contributed by atoms with van der Waals surface area (Å²) >= 11 is 0. The molecular formula is C28H29F5O4. The number of aliphatic hydroxyl groups is 2. The van der Waals surface area contributed by atoms with E-state index in [9.17, 15) is 36.6 Å². The van der Waals surface area contributed by atoms with Crippen molar-refractivity contribution in [2.75, 3.05) is 6.61 Å². The minimum Gasteiger partial charge on any atom is -0.388 e. The molecule has 1 aromatic rings. The molecule has 4 nitrogen and oxygen atoms in total. The third-order valence-electron chi connectivity index (χ3n) is 9.54. The summed E-state index contributed by atoms with van der Waals surface area (Å²) in [5.74, 6) is -7.20. The van der Waals surface area contributed by atoms with Crippen molar-refractivity contribution in [1.29, 1.82) is 0 Å². The maximum Gasteiger partial charge on any atom is 0.456 e. The molecule has 200 valence electrons. The average molecular weight is 525 g/mol. The number of alkyl halides is 5. The van der Waals surface area contributed by atoms with Crippen LogP contribution in [0, 0.1) is 17.3 Å². The van der Waals surface area contributed by atoms with Crippen LogP contribution < -0.4 is 0 Å². The van der Waals surface area contributed by atoms with Gasteiger partial charge in [-0.15, -0.1) is 0 Å². The number of carbonyl (C=O) groups is 2. The number of ketones is 2. The monoisotopic (exact) mass is 524 g/mol. The van der Waals surface area contributed by atoms with E-state index in [1.165, 1.54) is 19.1 Å². The summed E-state index contributed by atoms with van der Waals surface area (Å²) in [6.07, 6.45) is -3.17. The maximum atomic E-state index is 15.0. The zero-order valence-electron chi connectivity index (χ0n) is 20.4. The first kappa shape index (κ1) is 26.2. The number of benzene rings is 1. The number of Topliss-reactive ketones (excluding diaryl/α,β-unsaturated/α-hetero) is 1. The van der Waals surface area contributed by atoms with Gasteiger partial charge in [0.1, 0.15) is 12.2 Å². The second kappa shape index (κ2) is 8.56. The van der Waals surface area contributed by atoms with Gasteiger partial charge in [-0.1, -0.05) is 36.8 Å². The van der Waals surface area contributed by atoms with Gasteiger partial charge in [0.05, 0.1) is 0 Å². The van der Waals surface area contributed by atoms with Gasteiger partial charge in [0.2, 0.25) is 0 Å². The van der Waals surface area contributed by atoms with E-state index in [2.05, 4.69) is 0 Å². The second-order valence-electron chi connectivity index (χ2n) is 11.2. The van der Waals surface area contributed by atoms with Crippen molar-refractivity contribution in [2.45, 2.75) is 75.5 Å². The molecular weight excluding hydrogens is 495 g/mol. The highest BCUT2D eigenvalue weighted by molar-refractivity contribution is 5.97. The smallest absolute Gasteiger partial charge is 0.388 e. The molecule has 2 N–H and O–H groups in total. The summed E-state index contributed by atoms with van der Waals surface area (Å²) in [7, 11) is 0. The predicted octanol–water partition coefficient (Wildman–Crippen LogP) is 5.69. The van der Waals surface area contributed by atoms with E-state index >= 15 is 0 Å². The molecule has 9 heteroatoms. The van der Waals surface area contributed by atoms with E-state index in [-0.39, 0.29) is 30.1 Å². The van der Waals surface area contributed by atoms with Crippen molar-refractivity contribution < 1.29 is 41.8 Å². The highest BCUT2D eigenvalue weighted by Crippen LogP contribution is 2.70. The first-order chi connectivity index (χ1) is 17.2. The van der Waals surface area contributed by atoms with E-state index in [1.54, 1.807) is 18.2 Å². The number of carbonyl (C=O) groups excluding carboxylic acids is 2. The molecule has 0 radical (unpaired) electrons. The molecule has 0 saturated heterocycles. The molecule has 2 fully saturated rings. The van der Waals surface area contributed by atoms with Crippen LogP contribution in [0.1, 0.15) is 73.7 Å². The van der Waals surface area contributed by atoms with Crippen LogP contribution in [0.15, 0.2) is 47.1 Å². The maximum absolute atomic E-state index is 15.0. The molecule has 0 heterocycles. The number of allylic oxidation sites excluding steroid dienone is 4. The number of hydrogen-bond donors (Lipinski definition) is 2. The molecule has 4 aliphatic carbocycles. The molecule has 2 saturated carbocycles. The molecule has 37 heavy (non-hydrogen) atoms. The van der Waals surface area contributed by atoms with Gasteiger partial charge in [-0.25, -0.2) is 0 Å². The van der Waals surface area contributed by atoms with Crippen LogP contribution in [0.2, 0.25) is 0 Å². The quantitative estimate of drug-likeness (QED) is 0.392. The van der Waals surface area contributed by atoms with Crippen LogP contribution in [0.3, 0.4) is 0 Å². The molecule has 1 aromatic carbocycles. The Morgan fingerprint density at radius 1 is 1.05 bits per heavy atom. The largest absolute Gasteiger partial charge is 0.456 e. The van der Waals surface area contributed by atoms with E-state index in [4.69, 9.17) is 5.11 Å². The molecule has 1 unspecified atom stereocenters. The molecule has 0 amide bonds. The Morgan fingerprint density at radius 2 is 1.73 bits per heavy atom. The average Bonchev–Trinajstić information content (AvgIpc) is 3.13. The molecule has 0 bridgehead atoms. The summed E-state index contributed by atoms with van der Waals surface area (Å²) in [6, 6.07) is 6.31. The van der Waals surface area contributed by atoms with Gasteiger partial charge in [0.25, 0.3) is 0 Å². The number of halogens is 5. The van der Waals surface area contributed by atoms with Gasteiger partial charge in [-0.05, 0) is 73.1 Å². The Kier molecular flexibility index (Phi) is 6.07. The fourth-order valence-electron chi connectivity index (χ4n) is 7.71. The van der Waals surface area contributed by atoms with Gasteiger partial charge in [0, 0.05) is 23.3 Å². The first-order valence-corrected chi connectivity index (χ1v) is 12.6. The van der Waals surface area contributed by atoms with Crippen molar-refractivity contribution >= 4 is 11.6 Å². The summed E-state index contributed by atoms with van der Waals surface area (Å²) < 4.78 is 70.8. The lowest BCUT2D eigenvalue weighted by Crippen LogP contribution is -2.65. The Labute approximate surface area is 211 Å². The van der Waals surface area contributed by atoms with Crippen LogP contribution in [0.25, 0.3) is 0 Å². The Bertz CT molecular complexity index is 1200. The minimum absolute atomic E-state index is 0.0157. The van der Waals surface area contributed by atoms with Gasteiger partial charge in [0.15, 0.2) is 11.6 Å². The second-order valence-corrected chi connectivity index (χ2v) is 11.2. The number of hydrogen-bond acceptors (Lipinski definition) is 4. The molecule has 5 atom stereocenters. The summed E-state index contributed by atoms with van der Waals surface area (Å²) in [5, 5.41) is 20.4. The van der Waals surface area contributed by atoms with Gasteiger partial charge in [-0.3, -0.25) is 9.59 Å². The van der Waals surface area contributed by atoms with Crippen LogP contribution >= 0.6 is 0 Å². The summed E-state index contributed by atoms with van der Waals surface area (Å²) in [6.45, 7) is 0.694. The van der Waals surface area contributed by atoms with E-state index in [0.717, 1.165) is 16.7 Å². The van der Waals surface area contributed by atoms with Crippen LogP contribution in [0.5, 0.6) is 0 Å². The van der Waals surface area contributed by atoms with Crippen molar-refractivity contribution in [3.8, 4) is 0 Å². The third kappa shape index (κ3) is 3.67. The van der Waals surface area contributed by atoms with Crippen LogP contribution in [-0.4, -0.2) is 46.1 Å². The molecule has 0 spiro atoms. The number of fused-ring (bicyclic) bond motifs is 4. The summed E-state index contributed by atoms with van der Waals surface area (Å²) in [4.78, 5) is 24.0. The van der Waals surface area contributed by atoms with Crippen LogP contribution in [0.4, 0.5) is 22.0 Å². The highest BCUT2D eigenvalue weighted by atomic mass is 19.4. The Balaban J connectivity index is 1.67. The van der Waals surface area contributed by atoms with E-state index < -0.39 is 53.8 Å². The first-order valence-electron chi connectivity index (χ1n) is 12.6. The third-order valence-corrected chi connectivity index (χ3v) is 9.54. The van der Waals surface area contributed by atoms with Crippen molar-refractivity contribution in [2.24, 2.45) is 17.3 Å². The zero-order valence-corrected chi connectivity index (χ0v) is 20.4. The standard InChI is InChI=1S/C28H29F5O4/c1-25-13-21(15-2-4-16(5-3-15)23(36)14-34)24-19-9-7-18(35)12-17(19)6-8-20(24)22(25)10-11-26(25,37)27(29,30)28(31,32)33/h2-5,12,20-22,34,37H,6-11,13-14H2,1H3/t20-,21?,22-,25-,26-/m0/s1. The lowest BCUT2D eigenvalue weighted by atomic mass is 9.50. The van der Waals surface area contributed by atoms with Crippen molar-refractivity contribution in [1.82, 2.24) is 0 Å². The molecule has 0 aliphatic heterocycles. The van der Waals surface area contributed by atoms with Gasteiger partial charge < -0.3 is 10.2 Å². The summed E-state index contributed by atoms with van der Waals surface area (Å²) in [5.41, 5.74) is -1.24. The van der Waals surface area contributed by atoms with E-state index in [1.807, 2.05) is 0 Å². The predicted molar refractivity (Wildman–Crippen MR) is 124 cm³/mol. The topological polar surface area (TPSA) is 74.6 Å². The number of rotatable bonds is 4. The molecule has 4 aliphatic rings. The van der Waals surface area contributed by atoms with Gasteiger partial charge >= 0.3 is 12.1 Å². The Hall–Kier alpha value is -2.39. The van der Waals surface area contributed by atoms with Crippen molar-refractivity contribution in [3.63, 3.8) is 0 Å². The lowest BCUT2D eigenvalue weighted by Gasteiger charge is -2.56.